The first kappa shape index (κ1) is 20.5. The van der Waals surface area contributed by atoms with Gasteiger partial charge in [0.2, 0.25) is 10.0 Å². The first-order valence-corrected chi connectivity index (χ1v) is 9.59. The van der Waals surface area contributed by atoms with Crippen LogP contribution in [0, 0.1) is 24.0 Å². The number of benzene rings is 2. The van der Waals surface area contributed by atoms with Gasteiger partial charge in [0.15, 0.2) is 0 Å². The van der Waals surface area contributed by atoms with Crippen LogP contribution in [0.1, 0.15) is 29.7 Å². The lowest BCUT2D eigenvalue weighted by atomic mass is 10.1. The summed E-state index contributed by atoms with van der Waals surface area (Å²) in [7, 11) is -3.87. The molecule has 8 nitrogen and oxygen atoms in total. The first-order chi connectivity index (χ1) is 12.6. The van der Waals surface area contributed by atoms with Gasteiger partial charge in [0.25, 0.3) is 5.69 Å². The van der Waals surface area contributed by atoms with Gasteiger partial charge in [0.05, 0.1) is 9.82 Å². The van der Waals surface area contributed by atoms with Crippen LogP contribution in [0.3, 0.4) is 0 Å². The standard InChI is InChI=1S/C18H20N2O6S/c1-12-7-8-13(2)17(9-12)27(24,25)19-11-18(21)26-14(3)15-5-4-6-16(10-15)20(22)23/h4-10,14,19H,11H2,1-3H3/t14-/m1/s1. The smallest absolute Gasteiger partial charge is 0.321 e. The van der Waals surface area contributed by atoms with Crippen LogP contribution in [0.4, 0.5) is 5.69 Å². The van der Waals surface area contributed by atoms with Crippen molar-refractivity contribution in [3.63, 3.8) is 0 Å². The van der Waals surface area contributed by atoms with Gasteiger partial charge < -0.3 is 4.74 Å². The van der Waals surface area contributed by atoms with Gasteiger partial charge in [-0.15, -0.1) is 0 Å². The third-order valence-corrected chi connectivity index (χ3v) is 5.44. The summed E-state index contributed by atoms with van der Waals surface area (Å²) in [6, 6.07) is 10.7. The summed E-state index contributed by atoms with van der Waals surface area (Å²) < 4.78 is 32.2. The minimum absolute atomic E-state index is 0.0991. The molecule has 0 radical (unpaired) electrons. The van der Waals surface area contributed by atoms with Crippen molar-refractivity contribution in [2.24, 2.45) is 0 Å². The molecule has 0 bridgehead atoms. The Morgan fingerprint density at radius 2 is 1.93 bits per heavy atom. The van der Waals surface area contributed by atoms with Crippen LogP contribution < -0.4 is 4.72 Å². The van der Waals surface area contributed by atoms with E-state index in [0.29, 0.717) is 11.1 Å². The summed E-state index contributed by atoms with van der Waals surface area (Å²) in [5.74, 6) is -0.789. The normalized spacial score (nSPS) is 12.4. The van der Waals surface area contributed by atoms with Crippen LogP contribution in [-0.2, 0) is 19.6 Å². The predicted molar refractivity (Wildman–Crippen MR) is 98.7 cm³/mol. The van der Waals surface area contributed by atoms with E-state index in [-0.39, 0.29) is 10.6 Å². The SMILES string of the molecule is Cc1ccc(C)c(S(=O)(=O)NCC(=O)O[C@H](C)c2cccc([N+](=O)[O-])c2)c1. The molecule has 2 aromatic rings. The predicted octanol–water partition coefficient (Wildman–Crippen LogP) is 2.79. The lowest BCUT2D eigenvalue weighted by Crippen LogP contribution is -2.31. The molecule has 0 aromatic heterocycles. The Morgan fingerprint density at radius 3 is 2.59 bits per heavy atom. The van der Waals surface area contributed by atoms with E-state index in [1.54, 1.807) is 39.0 Å². The molecule has 0 heterocycles. The monoisotopic (exact) mass is 392 g/mol. The van der Waals surface area contributed by atoms with Crippen LogP contribution in [0.2, 0.25) is 0 Å². The zero-order chi connectivity index (χ0) is 20.2. The summed E-state index contributed by atoms with van der Waals surface area (Å²) >= 11 is 0. The molecule has 1 atom stereocenters. The highest BCUT2D eigenvalue weighted by atomic mass is 32.2. The molecular formula is C18H20N2O6S. The number of aryl methyl sites for hydroxylation is 2. The van der Waals surface area contributed by atoms with Crippen molar-refractivity contribution in [2.45, 2.75) is 31.8 Å². The Bertz CT molecular complexity index is 972. The van der Waals surface area contributed by atoms with E-state index in [1.165, 1.54) is 24.3 Å². The van der Waals surface area contributed by atoms with E-state index in [9.17, 15) is 23.3 Å². The highest BCUT2D eigenvalue weighted by Crippen LogP contribution is 2.22. The number of carbonyl (C=O) groups excluding carboxylic acids is 1. The van der Waals surface area contributed by atoms with Crippen LogP contribution in [0.25, 0.3) is 0 Å². The quantitative estimate of drug-likeness (QED) is 0.440. The van der Waals surface area contributed by atoms with Crippen LogP contribution in [-0.4, -0.2) is 25.9 Å². The lowest BCUT2D eigenvalue weighted by Gasteiger charge is -2.14. The molecular weight excluding hydrogens is 372 g/mol. The maximum atomic E-state index is 12.4. The minimum Gasteiger partial charge on any atom is -0.457 e. The number of non-ortho nitro benzene ring substituents is 1. The number of hydrogen-bond acceptors (Lipinski definition) is 6. The Labute approximate surface area is 157 Å². The number of nitro benzene ring substituents is 1. The largest absolute Gasteiger partial charge is 0.457 e. The fourth-order valence-electron chi connectivity index (χ4n) is 2.43. The van der Waals surface area contributed by atoms with Crippen LogP contribution >= 0.6 is 0 Å². The third kappa shape index (κ3) is 5.35. The molecule has 9 heteroatoms. The van der Waals surface area contributed by atoms with Gasteiger partial charge in [-0.1, -0.05) is 24.3 Å². The Morgan fingerprint density at radius 1 is 1.22 bits per heavy atom. The first-order valence-electron chi connectivity index (χ1n) is 8.11. The number of ether oxygens (including phenoxy) is 1. The minimum atomic E-state index is -3.87. The highest BCUT2D eigenvalue weighted by molar-refractivity contribution is 7.89. The fourth-order valence-corrected chi connectivity index (χ4v) is 3.72. The number of nitro groups is 1. The Hall–Kier alpha value is -2.78. The lowest BCUT2D eigenvalue weighted by molar-refractivity contribution is -0.385. The van der Waals surface area contributed by atoms with E-state index < -0.39 is 33.6 Å². The Balaban J connectivity index is 2.02. The van der Waals surface area contributed by atoms with Crippen LogP contribution in [0.5, 0.6) is 0 Å². The molecule has 2 aromatic carbocycles. The summed E-state index contributed by atoms with van der Waals surface area (Å²) in [5, 5.41) is 10.8. The average Bonchev–Trinajstić information content (AvgIpc) is 2.62. The molecule has 0 saturated heterocycles. The van der Waals surface area contributed by atoms with E-state index in [4.69, 9.17) is 4.74 Å². The van der Waals surface area contributed by atoms with Gasteiger partial charge in [0.1, 0.15) is 12.6 Å². The molecule has 0 spiro atoms. The van der Waals surface area contributed by atoms with Crippen molar-refractivity contribution in [3.8, 4) is 0 Å². The number of sulfonamides is 1. The molecule has 0 saturated carbocycles. The molecule has 2 rings (SSSR count). The molecule has 27 heavy (non-hydrogen) atoms. The highest BCUT2D eigenvalue weighted by Gasteiger charge is 2.20. The number of nitrogens with zero attached hydrogens (tertiary/aromatic N) is 1. The molecule has 0 aliphatic carbocycles. The summed E-state index contributed by atoms with van der Waals surface area (Å²) in [6.07, 6.45) is -0.761. The average molecular weight is 392 g/mol. The molecule has 0 amide bonds. The second-order valence-corrected chi connectivity index (χ2v) is 7.81. The van der Waals surface area contributed by atoms with Crippen molar-refractivity contribution >= 4 is 21.7 Å². The number of hydrogen-bond donors (Lipinski definition) is 1. The van der Waals surface area contributed by atoms with Crippen LogP contribution in [0.15, 0.2) is 47.4 Å². The second-order valence-electron chi connectivity index (χ2n) is 6.08. The fraction of sp³-hybridized carbons (Fsp3) is 0.278. The maximum Gasteiger partial charge on any atom is 0.321 e. The number of rotatable bonds is 7. The molecule has 0 unspecified atom stereocenters. The summed E-state index contributed by atoms with van der Waals surface area (Å²) in [4.78, 5) is 22.4. The van der Waals surface area contributed by atoms with E-state index in [0.717, 1.165) is 5.56 Å². The zero-order valence-electron chi connectivity index (χ0n) is 15.1. The van der Waals surface area contributed by atoms with Crippen molar-refractivity contribution in [2.75, 3.05) is 6.54 Å². The number of esters is 1. The molecule has 1 N–H and O–H groups in total. The van der Waals surface area contributed by atoms with Gasteiger partial charge in [-0.25, -0.2) is 8.42 Å². The molecule has 144 valence electrons. The van der Waals surface area contributed by atoms with E-state index in [1.807, 2.05) is 0 Å². The molecule has 0 aliphatic heterocycles. The second kappa shape index (κ2) is 8.28. The zero-order valence-corrected chi connectivity index (χ0v) is 15.9. The maximum absolute atomic E-state index is 12.4. The molecule has 0 fully saturated rings. The van der Waals surface area contributed by atoms with Crippen molar-refractivity contribution in [1.29, 1.82) is 0 Å². The van der Waals surface area contributed by atoms with Gasteiger partial charge >= 0.3 is 5.97 Å². The van der Waals surface area contributed by atoms with E-state index in [2.05, 4.69) is 4.72 Å². The molecule has 0 aliphatic rings. The van der Waals surface area contributed by atoms with Crippen molar-refractivity contribution in [1.82, 2.24) is 4.72 Å². The summed E-state index contributed by atoms with van der Waals surface area (Å²) in [6.45, 7) is 4.44. The van der Waals surface area contributed by atoms with Gasteiger partial charge in [-0.2, -0.15) is 4.72 Å². The van der Waals surface area contributed by atoms with Gasteiger partial charge in [-0.3, -0.25) is 14.9 Å². The Kier molecular flexibility index (Phi) is 6.29. The third-order valence-electron chi connectivity index (χ3n) is 3.90. The van der Waals surface area contributed by atoms with Gasteiger partial charge in [-0.05, 0) is 43.5 Å². The number of nitrogens with one attached hydrogen (secondary N) is 1. The van der Waals surface area contributed by atoms with Gasteiger partial charge in [0, 0.05) is 12.1 Å². The van der Waals surface area contributed by atoms with Crippen molar-refractivity contribution < 1.29 is 22.9 Å². The number of carbonyl (C=O) groups is 1. The van der Waals surface area contributed by atoms with E-state index >= 15 is 0 Å². The van der Waals surface area contributed by atoms with Crippen molar-refractivity contribution in [3.05, 3.63) is 69.3 Å². The summed E-state index contributed by atoms with van der Waals surface area (Å²) in [5.41, 5.74) is 1.66. The topological polar surface area (TPSA) is 116 Å².